The molecule has 1 fully saturated rings. The van der Waals surface area contributed by atoms with Crippen LogP contribution in [-0.2, 0) is 4.74 Å². The molecule has 0 unspecified atom stereocenters. The standard InChI is InChI=1S/C12H19N3O/c1-16-7-6-15-8-11(12(13)9-15)10-2-4-14-5-3-10/h2-5,11-12H,6-9,13H2,1H3/t11-,12+/m0/s1. The molecule has 4 nitrogen and oxygen atoms in total. The number of nitrogens with two attached hydrogens (primary N) is 1. The molecule has 88 valence electrons. The van der Waals surface area contributed by atoms with Crippen molar-refractivity contribution in [2.75, 3.05) is 33.4 Å². The van der Waals surface area contributed by atoms with Crippen molar-refractivity contribution in [1.82, 2.24) is 9.88 Å². The summed E-state index contributed by atoms with van der Waals surface area (Å²) in [4.78, 5) is 6.40. The van der Waals surface area contributed by atoms with Crippen molar-refractivity contribution in [3.05, 3.63) is 30.1 Å². The van der Waals surface area contributed by atoms with Gasteiger partial charge in [0.25, 0.3) is 0 Å². The Morgan fingerprint density at radius 2 is 2.19 bits per heavy atom. The summed E-state index contributed by atoms with van der Waals surface area (Å²) in [7, 11) is 1.73. The highest BCUT2D eigenvalue weighted by atomic mass is 16.5. The largest absolute Gasteiger partial charge is 0.383 e. The molecule has 2 N–H and O–H groups in total. The van der Waals surface area contributed by atoms with Gasteiger partial charge in [-0.2, -0.15) is 0 Å². The maximum atomic E-state index is 6.17. The number of methoxy groups -OCH3 is 1. The fraction of sp³-hybridized carbons (Fsp3) is 0.583. The summed E-state index contributed by atoms with van der Waals surface area (Å²) in [6, 6.07) is 4.34. The van der Waals surface area contributed by atoms with E-state index in [-0.39, 0.29) is 6.04 Å². The van der Waals surface area contributed by atoms with Gasteiger partial charge >= 0.3 is 0 Å². The topological polar surface area (TPSA) is 51.4 Å². The lowest BCUT2D eigenvalue weighted by Crippen LogP contribution is -2.30. The number of hydrogen-bond acceptors (Lipinski definition) is 4. The van der Waals surface area contributed by atoms with E-state index < -0.39 is 0 Å². The number of aromatic nitrogens is 1. The summed E-state index contributed by atoms with van der Waals surface area (Å²) < 4.78 is 5.09. The first-order chi connectivity index (χ1) is 7.81. The van der Waals surface area contributed by atoms with Gasteiger partial charge in [0.05, 0.1) is 6.61 Å². The molecule has 1 aliphatic rings. The Hall–Kier alpha value is -0.970. The van der Waals surface area contributed by atoms with E-state index in [0.717, 1.165) is 26.2 Å². The zero-order chi connectivity index (χ0) is 11.4. The molecule has 1 saturated heterocycles. The molecule has 1 aliphatic heterocycles. The molecule has 2 atom stereocenters. The fourth-order valence-electron chi connectivity index (χ4n) is 2.28. The first kappa shape index (κ1) is 11.5. The average molecular weight is 221 g/mol. The number of likely N-dealkylation sites (tertiary alicyclic amines) is 1. The van der Waals surface area contributed by atoms with Gasteiger partial charge in [0.2, 0.25) is 0 Å². The van der Waals surface area contributed by atoms with Crippen molar-refractivity contribution in [3.63, 3.8) is 0 Å². The summed E-state index contributed by atoms with van der Waals surface area (Å²) in [5.41, 5.74) is 7.46. The Morgan fingerprint density at radius 3 is 2.88 bits per heavy atom. The second-order valence-electron chi connectivity index (χ2n) is 4.30. The third-order valence-electron chi connectivity index (χ3n) is 3.19. The summed E-state index contributed by atoms with van der Waals surface area (Å²) in [6.07, 6.45) is 3.67. The van der Waals surface area contributed by atoms with E-state index in [9.17, 15) is 0 Å². The lowest BCUT2D eigenvalue weighted by Gasteiger charge is -2.15. The Bertz CT molecular complexity index is 317. The third kappa shape index (κ3) is 2.58. The zero-order valence-electron chi connectivity index (χ0n) is 9.67. The highest BCUT2D eigenvalue weighted by Crippen LogP contribution is 2.25. The molecule has 1 aromatic rings. The highest BCUT2D eigenvalue weighted by Gasteiger charge is 2.30. The van der Waals surface area contributed by atoms with Crippen LogP contribution in [0.2, 0.25) is 0 Å². The zero-order valence-corrected chi connectivity index (χ0v) is 9.67. The van der Waals surface area contributed by atoms with E-state index in [1.54, 1.807) is 7.11 Å². The summed E-state index contributed by atoms with van der Waals surface area (Å²) in [5, 5.41) is 0. The lowest BCUT2D eigenvalue weighted by molar-refractivity contribution is 0.160. The van der Waals surface area contributed by atoms with Crippen molar-refractivity contribution in [3.8, 4) is 0 Å². The molecular formula is C12H19N3O. The van der Waals surface area contributed by atoms with Gasteiger partial charge in [-0.05, 0) is 17.7 Å². The van der Waals surface area contributed by atoms with E-state index in [4.69, 9.17) is 10.5 Å². The number of rotatable bonds is 4. The molecule has 0 amide bonds. The Kier molecular flexibility index (Phi) is 3.88. The second kappa shape index (κ2) is 5.39. The van der Waals surface area contributed by atoms with Crippen LogP contribution in [-0.4, -0.2) is 49.3 Å². The molecule has 16 heavy (non-hydrogen) atoms. The fourth-order valence-corrected chi connectivity index (χ4v) is 2.28. The maximum Gasteiger partial charge on any atom is 0.0589 e. The molecular weight excluding hydrogens is 202 g/mol. The average Bonchev–Trinajstić information content (AvgIpc) is 2.69. The molecule has 2 heterocycles. The van der Waals surface area contributed by atoms with Gasteiger partial charge in [-0.1, -0.05) is 0 Å². The first-order valence-corrected chi connectivity index (χ1v) is 5.68. The van der Waals surface area contributed by atoms with Crippen molar-refractivity contribution in [2.24, 2.45) is 5.73 Å². The number of ether oxygens (including phenoxy) is 1. The van der Waals surface area contributed by atoms with Gasteiger partial charge in [0, 0.05) is 51.1 Å². The smallest absolute Gasteiger partial charge is 0.0589 e. The molecule has 2 rings (SSSR count). The highest BCUT2D eigenvalue weighted by molar-refractivity contribution is 5.20. The lowest BCUT2D eigenvalue weighted by atomic mass is 9.96. The van der Waals surface area contributed by atoms with Crippen LogP contribution in [0.3, 0.4) is 0 Å². The van der Waals surface area contributed by atoms with E-state index in [1.165, 1.54) is 5.56 Å². The number of pyridine rings is 1. The minimum absolute atomic E-state index is 0.222. The maximum absolute atomic E-state index is 6.17. The summed E-state index contributed by atoms with van der Waals surface area (Å²) in [5.74, 6) is 0.430. The van der Waals surface area contributed by atoms with Crippen LogP contribution in [0.1, 0.15) is 11.5 Å². The van der Waals surface area contributed by atoms with E-state index >= 15 is 0 Å². The van der Waals surface area contributed by atoms with Gasteiger partial charge in [-0.3, -0.25) is 9.88 Å². The minimum atomic E-state index is 0.222. The van der Waals surface area contributed by atoms with Gasteiger partial charge in [0.15, 0.2) is 0 Å². The molecule has 0 spiro atoms. The Morgan fingerprint density at radius 1 is 1.44 bits per heavy atom. The van der Waals surface area contributed by atoms with Crippen molar-refractivity contribution in [1.29, 1.82) is 0 Å². The summed E-state index contributed by atoms with van der Waals surface area (Å²) in [6.45, 7) is 3.71. The van der Waals surface area contributed by atoms with Crippen LogP contribution in [0.25, 0.3) is 0 Å². The normalized spacial score (nSPS) is 26.1. The molecule has 0 radical (unpaired) electrons. The predicted molar refractivity (Wildman–Crippen MR) is 63.3 cm³/mol. The monoisotopic (exact) mass is 221 g/mol. The van der Waals surface area contributed by atoms with Crippen LogP contribution >= 0.6 is 0 Å². The van der Waals surface area contributed by atoms with Gasteiger partial charge in [-0.15, -0.1) is 0 Å². The van der Waals surface area contributed by atoms with E-state index in [2.05, 4.69) is 22.0 Å². The Balaban J connectivity index is 1.97. The number of nitrogens with zero attached hydrogens (tertiary/aromatic N) is 2. The van der Waals surface area contributed by atoms with Gasteiger partial charge in [-0.25, -0.2) is 0 Å². The first-order valence-electron chi connectivity index (χ1n) is 5.68. The molecule has 0 aliphatic carbocycles. The van der Waals surface area contributed by atoms with Crippen LogP contribution < -0.4 is 5.73 Å². The molecule has 4 heteroatoms. The molecule has 1 aromatic heterocycles. The third-order valence-corrected chi connectivity index (χ3v) is 3.19. The molecule has 0 aromatic carbocycles. The SMILES string of the molecule is COCCN1C[C@@H](N)[C@H](c2ccncc2)C1. The number of hydrogen-bond donors (Lipinski definition) is 1. The van der Waals surface area contributed by atoms with Crippen LogP contribution in [0.15, 0.2) is 24.5 Å². The minimum Gasteiger partial charge on any atom is -0.383 e. The van der Waals surface area contributed by atoms with Crippen molar-refractivity contribution in [2.45, 2.75) is 12.0 Å². The summed E-state index contributed by atoms with van der Waals surface area (Å²) >= 11 is 0. The van der Waals surface area contributed by atoms with E-state index in [0.29, 0.717) is 5.92 Å². The van der Waals surface area contributed by atoms with Crippen LogP contribution in [0, 0.1) is 0 Å². The second-order valence-corrected chi connectivity index (χ2v) is 4.30. The Labute approximate surface area is 96.4 Å². The van der Waals surface area contributed by atoms with Crippen LogP contribution in [0.5, 0.6) is 0 Å². The van der Waals surface area contributed by atoms with Crippen molar-refractivity contribution >= 4 is 0 Å². The van der Waals surface area contributed by atoms with Gasteiger partial charge < -0.3 is 10.5 Å². The van der Waals surface area contributed by atoms with E-state index in [1.807, 2.05) is 12.4 Å². The predicted octanol–water partition coefficient (Wildman–Crippen LogP) is 0.455. The molecule has 0 bridgehead atoms. The van der Waals surface area contributed by atoms with Crippen molar-refractivity contribution < 1.29 is 4.74 Å². The van der Waals surface area contributed by atoms with Crippen LogP contribution in [0.4, 0.5) is 0 Å². The van der Waals surface area contributed by atoms with Gasteiger partial charge in [0.1, 0.15) is 0 Å². The molecule has 0 saturated carbocycles. The quantitative estimate of drug-likeness (QED) is 0.802.